The molecule has 0 aliphatic rings. The molecule has 0 radical (unpaired) electrons. The first-order valence-corrected chi connectivity index (χ1v) is 13.8. The fraction of sp³-hybridized carbons (Fsp3) is 0.103. The van der Waals surface area contributed by atoms with E-state index in [1.165, 1.54) is 22.7 Å². The van der Waals surface area contributed by atoms with Crippen LogP contribution in [0.5, 0.6) is 17.2 Å². The Hall–Kier alpha value is -5.12. The number of aromatic nitrogens is 2. The molecular weight excluding hydrogens is 560 g/mol. The van der Waals surface area contributed by atoms with Crippen LogP contribution in [0.15, 0.2) is 66.0 Å². The smallest absolute Gasteiger partial charge is 0.255 e. The van der Waals surface area contributed by atoms with Gasteiger partial charge in [0.2, 0.25) is 5.75 Å². The van der Waals surface area contributed by atoms with Crippen LogP contribution in [0.2, 0.25) is 0 Å². The van der Waals surface area contributed by atoms with Gasteiger partial charge in [0.05, 0.1) is 38.7 Å². The molecule has 41 heavy (non-hydrogen) atoms. The van der Waals surface area contributed by atoms with Crippen molar-refractivity contribution in [2.24, 2.45) is 0 Å². The number of nitrogens with one attached hydrogen (secondary N) is 2. The van der Waals surface area contributed by atoms with Crippen LogP contribution < -0.4 is 30.6 Å². The van der Waals surface area contributed by atoms with E-state index in [0.29, 0.717) is 50.7 Å². The Morgan fingerprint density at radius 1 is 0.951 bits per heavy atom. The molecule has 0 fully saturated rings. The van der Waals surface area contributed by atoms with Crippen molar-refractivity contribution in [1.82, 2.24) is 9.97 Å². The van der Waals surface area contributed by atoms with Gasteiger partial charge in [0, 0.05) is 40.0 Å². The Balaban J connectivity index is 1.34. The zero-order valence-electron chi connectivity index (χ0n) is 22.2. The van der Waals surface area contributed by atoms with Crippen LogP contribution in [0, 0.1) is 11.3 Å². The number of nitrogens with zero attached hydrogens (tertiary/aromatic N) is 3. The Kier molecular flexibility index (Phi) is 8.00. The van der Waals surface area contributed by atoms with E-state index in [0.717, 1.165) is 21.1 Å². The molecule has 5 rings (SSSR count). The van der Waals surface area contributed by atoms with E-state index < -0.39 is 0 Å². The van der Waals surface area contributed by atoms with Crippen LogP contribution in [0.4, 0.5) is 22.3 Å². The number of methoxy groups -OCH3 is 3. The highest BCUT2D eigenvalue weighted by molar-refractivity contribution is 7.23. The SMILES string of the molecule is COc1cc(Nc2nc(N)c(-c3nc(-c4cccc(NC(=O)c5ccc(C#N)cc5)c4)cs3)s2)cc(OC)c1OC. The minimum absolute atomic E-state index is 0.268. The summed E-state index contributed by atoms with van der Waals surface area (Å²) in [6.45, 7) is 0. The van der Waals surface area contributed by atoms with Gasteiger partial charge in [0.25, 0.3) is 5.91 Å². The molecule has 206 valence electrons. The highest BCUT2D eigenvalue weighted by Crippen LogP contribution is 2.43. The fourth-order valence-electron chi connectivity index (χ4n) is 3.98. The van der Waals surface area contributed by atoms with Crippen LogP contribution in [0.25, 0.3) is 21.1 Å². The van der Waals surface area contributed by atoms with E-state index in [1.807, 2.05) is 29.6 Å². The third-order valence-corrected chi connectivity index (χ3v) is 7.94. The van der Waals surface area contributed by atoms with E-state index >= 15 is 0 Å². The summed E-state index contributed by atoms with van der Waals surface area (Å²) in [7, 11) is 4.66. The number of hydrogen-bond acceptors (Lipinski definition) is 11. The Labute approximate surface area is 244 Å². The number of nitrogen functional groups attached to an aromatic ring is 1. The quantitative estimate of drug-likeness (QED) is 0.179. The Morgan fingerprint density at radius 2 is 1.68 bits per heavy atom. The van der Waals surface area contributed by atoms with Gasteiger partial charge in [-0.3, -0.25) is 4.79 Å². The van der Waals surface area contributed by atoms with Gasteiger partial charge < -0.3 is 30.6 Å². The van der Waals surface area contributed by atoms with Crippen molar-refractivity contribution in [2.75, 3.05) is 37.7 Å². The maximum atomic E-state index is 12.7. The number of anilines is 4. The van der Waals surface area contributed by atoms with E-state index in [1.54, 1.807) is 63.8 Å². The van der Waals surface area contributed by atoms with Crippen LogP contribution in [0.3, 0.4) is 0 Å². The van der Waals surface area contributed by atoms with Crippen molar-refractivity contribution in [3.05, 3.63) is 77.2 Å². The van der Waals surface area contributed by atoms with Gasteiger partial charge in [-0.15, -0.1) is 11.3 Å². The Bertz CT molecular complexity index is 1730. The first-order chi connectivity index (χ1) is 19.9. The summed E-state index contributed by atoms with van der Waals surface area (Å²) >= 11 is 2.83. The van der Waals surface area contributed by atoms with Gasteiger partial charge in [0.15, 0.2) is 16.6 Å². The lowest BCUT2D eigenvalue weighted by atomic mass is 10.1. The number of carbonyl (C=O) groups is 1. The molecule has 0 saturated heterocycles. The van der Waals surface area contributed by atoms with Crippen LogP contribution >= 0.6 is 22.7 Å². The topological polar surface area (TPSA) is 144 Å². The molecule has 2 heterocycles. The van der Waals surface area contributed by atoms with Crippen LogP contribution in [0.1, 0.15) is 15.9 Å². The first kappa shape index (κ1) is 27.4. The summed E-state index contributed by atoms with van der Waals surface area (Å²) in [6.07, 6.45) is 0. The highest BCUT2D eigenvalue weighted by Gasteiger charge is 2.18. The molecule has 0 atom stereocenters. The molecule has 3 aromatic carbocycles. The minimum Gasteiger partial charge on any atom is -0.493 e. The summed E-state index contributed by atoms with van der Waals surface area (Å²) in [6, 6.07) is 19.5. The van der Waals surface area contributed by atoms with Crippen LogP contribution in [-0.2, 0) is 0 Å². The molecule has 0 bridgehead atoms. The van der Waals surface area contributed by atoms with Gasteiger partial charge in [-0.05, 0) is 36.4 Å². The lowest BCUT2D eigenvalue weighted by molar-refractivity contribution is 0.102. The van der Waals surface area contributed by atoms with Crippen molar-refractivity contribution in [2.45, 2.75) is 0 Å². The average molecular weight is 585 g/mol. The largest absolute Gasteiger partial charge is 0.493 e. The number of benzene rings is 3. The molecule has 0 saturated carbocycles. The van der Waals surface area contributed by atoms with Crippen molar-refractivity contribution in [3.63, 3.8) is 0 Å². The summed E-state index contributed by atoms with van der Waals surface area (Å²) < 4.78 is 16.3. The predicted octanol–water partition coefficient (Wildman–Crippen LogP) is 6.41. The number of amides is 1. The highest BCUT2D eigenvalue weighted by atomic mass is 32.1. The van der Waals surface area contributed by atoms with E-state index in [-0.39, 0.29) is 5.91 Å². The van der Waals surface area contributed by atoms with Gasteiger partial charge in [-0.2, -0.15) is 5.26 Å². The molecule has 5 aromatic rings. The molecule has 12 heteroatoms. The summed E-state index contributed by atoms with van der Waals surface area (Å²) in [4.78, 5) is 22.7. The third-order valence-electron chi connectivity index (χ3n) is 5.96. The second kappa shape index (κ2) is 12.0. The molecule has 2 aromatic heterocycles. The van der Waals surface area contributed by atoms with Crippen molar-refractivity contribution < 1.29 is 19.0 Å². The van der Waals surface area contributed by atoms with Gasteiger partial charge >= 0.3 is 0 Å². The van der Waals surface area contributed by atoms with E-state index in [2.05, 4.69) is 15.6 Å². The van der Waals surface area contributed by atoms with Gasteiger partial charge in [0.1, 0.15) is 15.7 Å². The van der Waals surface area contributed by atoms with Crippen molar-refractivity contribution in [3.8, 4) is 44.5 Å². The van der Waals surface area contributed by atoms with Crippen molar-refractivity contribution in [1.29, 1.82) is 5.26 Å². The molecular formula is C29H24N6O4S2. The number of nitriles is 1. The van der Waals surface area contributed by atoms with E-state index in [4.69, 9.17) is 30.2 Å². The lowest BCUT2D eigenvalue weighted by Gasteiger charge is -2.14. The van der Waals surface area contributed by atoms with E-state index in [9.17, 15) is 4.79 Å². The second-order valence-electron chi connectivity index (χ2n) is 8.53. The summed E-state index contributed by atoms with van der Waals surface area (Å²) in [5, 5.41) is 18.3. The molecule has 0 spiro atoms. The van der Waals surface area contributed by atoms with Gasteiger partial charge in [-0.25, -0.2) is 9.97 Å². The maximum absolute atomic E-state index is 12.7. The number of ether oxygens (including phenoxy) is 3. The zero-order chi connectivity index (χ0) is 28.9. The zero-order valence-corrected chi connectivity index (χ0v) is 23.9. The standard InChI is InChI=1S/C29H24N6O4S2/c1-37-22-12-20(13-23(38-2)24(22)39-3)33-29-35-26(31)25(41-29)28-34-21(15-40-28)18-5-4-6-19(11-18)32-27(36)17-9-7-16(14-30)8-10-17/h4-13,15H,31H2,1-3H3,(H,32,36)(H,33,35). The summed E-state index contributed by atoms with van der Waals surface area (Å²) in [5.74, 6) is 1.61. The molecule has 0 aliphatic carbocycles. The number of rotatable bonds is 9. The monoisotopic (exact) mass is 584 g/mol. The number of hydrogen-bond donors (Lipinski definition) is 3. The normalized spacial score (nSPS) is 10.5. The lowest BCUT2D eigenvalue weighted by Crippen LogP contribution is -2.11. The number of carbonyl (C=O) groups excluding carboxylic acids is 1. The summed E-state index contributed by atoms with van der Waals surface area (Å²) in [5.41, 5.74) is 10.1. The third kappa shape index (κ3) is 5.91. The maximum Gasteiger partial charge on any atom is 0.255 e. The first-order valence-electron chi connectivity index (χ1n) is 12.1. The number of thiazole rings is 2. The minimum atomic E-state index is -0.268. The van der Waals surface area contributed by atoms with Crippen LogP contribution in [-0.4, -0.2) is 37.2 Å². The molecule has 4 N–H and O–H groups in total. The average Bonchev–Trinajstić information content (AvgIpc) is 3.63. The molecule has 0 aliphatic heterocycles. The number of nitrogens with two attached hydrogens (primary N) is 1. The fourth-order valence-corrected chi connectivity index (χ4v) is 5.82. The van der Waals surface area contributed by atoms with Crippen molar-refractivity contribution >= 4 is 50.9 Å². The molecule has 0 unspecified atom stereocenters. The predicted molar refractivity (Wildman–Crippen MR) is 162 cm³/mol. The molecule has 10 nitrogen and oxygen atoms in total. The Morgan fingerprint density at radius 3 is 2.34 bits per heavy atom. The van der Waals surface area contributed by atoms with Gasteiger partial charge in [-0.1, -0.05) is 23.5 Å². The molecule has 1 amide bonds. The second-order valence-corrected chi connectivity index (χ2v) is 10.4.